The van der Waals surface area contributed by atoms with Crippen molar-refractivity contribution >= 4 is 16.9 Å². The Balaban J connectivity index is 1.64. The maximum atomic E-state index is 13.5. The van der Waals surface area contributed by atoms with E-state index in [4.69, 9.17) is 4.52 Å². The van der Waals surface area contributed by atoms with Crippen molar-refractivity contribution < 1.29 is 13.3 Å². The number of benzene rings is 1. The molecular weight excluding hydrogens is 328 g/mol. The van der Waals surface area contributed by atoms with Gasteiger partial charge in [0.2, 0.25) is 0 Å². The quantitative estimate of drug-likeness (QED) is 0.767. The highest BCUT2D eigenvalue weighted by Gasteiger charge is 2.18. The van der Waals surface area contributed by atoms with Gasteiger partial charge in [0.05, 0.1) is 0 Å². The van der Waals surface area contributed by atoms with Crippen LogP contribution in [0.5, 0.6) is 0 Å². The van der Waals surface area contributed by atoms with Crippen molar-refractivity contribution in [3.8, 4) is 11.3 Å². The van der Waals surface area contributed by atoms with Crippen LogP contribution in [0.15, 0.2) is 29.0 Å². The van der Waals surface area contributed by atoms with Crippen LogP contribution < -0.4 is 5.32 Å². The maximum Gasteiger partial charge on any atom is 0.263 e. The summed E-state index contributed by atoms with van der Waals surface area (Å²) < 4.78 is 32.3. The van der Waals surface area contributed by atoms with E-state index in [9.17, 15) is 8.78 Å². The number of anilines is 1. The minimum Gasteiger partial charge on any atom is -0.368 e. The molecule has 1 aliphatic heterocycles. The summed E-state index contributed by atoms with van der Waals surface area (Å²) in [6.07, 6.45) is 3.85. The molecule has 0 atom stereocenters. The van der Waals surface area contributed by atoms with Crippen molar-refractivity contribution in [3.63, 3.8) is 0 Å². The highest BCUT2D eigenvalue weighted by atomic mass is 19.1. The Kier molecular flexibility index (Phi) is 4.27. The van der Waals surface area contributed by atoms with E-state index in [-0.39, 0.29) is 11.3 Å². The van der Waals surface area contributed by atoms with E-state index >= 15 is 0 Å². The number of hydrogen-bond acceptors (Lipinski definition) is 6. The van der Waals surface area contributed by atoms with Crippen molar-refractivity contribution in [2.24, 2.45) is 0 Å². The van der Waals surface area contributed by atoms with Crippen LogP contribution in [-0.4, -0.2) is 46.2 Å². The van der Waals surface area contributed by atoms with Crippen LogP contribution in [0.4, 0.5) is 14.6 Å². The molecule has 1 saturated heterocycles. The second-order valence-electron chi connectivity index (χ2n) is 6.07. The van der Waals surface area contributed by atoms with E-state index in [1.54, 1.807) is 0 Å². The van der Waals surface area contributed by atoms with Gasteiger partial charge >= 0.3 is 0 Å². The summed E-state index contributed by atoms with van der Waals surface area (Å²) in [6, 6.07) is 3.24. The summed E-state index contributed by atoms with van der Waals surface area (Å²) >= 11 is 0. The maximum absolute atomic E-state index is 13.5. The zero-order chi connectivity index (χ0) is 17.2. The molecule has 1 aliphatic rings. The summed E-state index contributed by atoms with van der Waals surface area (Å²) in [6.45, 7) is 3.83. The van der Waals surface area contributed by atoms with Gasteiger partial charge in [0.1, 0.15) is 34.9 Å². The summed E-state index contributed by atoms with van der Waals surface area (Å²) in [5.41, 5.74) is 0.879. The molecule has 2 aromatic heterocycles. The number of halogens is 2. The predicted molar refractivity (Wildman–Crippen MR) is 89.1 cm³/mol. The molecule has 0 aliphatic carbocycles. The third-order valence-corrected chi connectivity index (χ3v) is 4.33. The zero-order valence-corrected chi connectivity index (χ0v) is 13.5. The van der Waals surface area contributed by atoms with Gasteiger partial charge in [-0.1, -0.05) is 5.16 Å². The molecular formula is C17H17F2N5O. The van der Waals surface area contributed by atoms with E-state index < -0.39 is 11.6 Å². The van der Waals surface area contributed by atoms with Crippen molar-refractivity contribution in [3.05, 3.63) is 36.2 Å². The molecule has 1 aromatic carbocycles. The fourth-order valence-electron chi connectivity index (χ4n) is 3.15. The first kappa shape index (κ1) is 15.9. The Morgan fingerprint density at radius 1 is 1.08 bits per heavy atom. The standard InChI is InChI=1S/C17H17F2N5O/c18-12-7-11(8-13(19)9-12)15-14-16(21-10-22-17(14)25-23-15)20-3-6-24-4-1-2-5-24/h7-10H,1-6H2,(H,20,21,22). The molecule has 1 fully saturated rings. The van der Waals surface area contributed by atoms with E-state index in [2.05, 4.69) is 25.3 Å². The fraction of sp³-hybridized carbons (Fsp3) is 0.353. The van der Waals surface area contributed by atoms with Gasteiger partial charge in [-0.05, 0) is 38.1 Å². The van der Waals surface area contributed by atoms with Crippen LogP contribution in [0.25, 0.3) is 22.4 Å². The van der Waals surface area contributed by atoms with E-state index in [0.29, 0.717) is 23.4 Å². The molecule has 0 radical (unpaired) electrons. The monoisotopic (exact) mass is 345 g/mol. The molecule has 0 amide bonds. The zero-order valence-electron chi connectivity index (χ0n) is 13.5. The highest BCUT2D eigenvalue weighted by Crippen LogP contribution is 2.31. The van der Waals surface area contributed by atoms with E-state index in [0.717, 1.165) is 25.7 Å². The van der Waals surface area contributed by atoms with Gasteiger partial charge < -0.3 is 14.7 Å². The molecule has 130 valence electrons. The minimum atomic E-state index is -0.674. The first-order chi connectivity index (χ1) is 12.2. The number of nitrogens with one attached hydrogen (secondary N) is 1. The van der Waals surface area contributed by atoms with E-state index in [1.165, 1.54) is 31.3 Å². The predicted octanol–water partition coefficient (Wildman–Crippen LogP) is 3.07. The van der Waals surface area contributed by atoms with Crippen molar-refractivity contribution in [1.29, 1.82) is 0 Å². The number of likely N-dealkylation sites (tertiary alicyclic amines) is 1. The molecule has 3 heterocycles. The van der Waals surface area contributed by atoms with Gasteiger partial charge in [-0.25, -0.2) is 13.8 Å². The summed E-state index contributed by atoms with van der Waals surface area (Å²) in [5.74, 6) is -0.803. The first-order valence-electron chi connectivity index (χ1n) is 8.24. The molecule has 25 heavy (non-hydrogen) atoms. The second-order valence-corrected chi connectivity index (χ2v) is 6.07. The lowest BCUT2D eigenvalue weighted by Gasteiger charge is -2.15. The smallest absolute Gasteiger partial charge is 0.263 e. The molecule has 4 rings (SSSR count). The Hall–Kier alpha value is -2.61. The molecule has 0 unspecified atom stereocenters. The van der Waals surface area contributed by atoms with Crippen molar-refractivity contribution in [2.45, 2.75) is 12.8 Å². The number of hydrogen-bond donors (Lipinski definition) is 1. The van der Waals surface area contributed by atoms with Gasteiger partial charge in [-0.2, -0.15) is 4.98 Å². The number of fused-ring (bicyclic) bond motifs is 1. The normalized spacial score (nSPS) is 15.1. The Morgan fingerprint density at radius 2 is 1.84 bits per heavy atom. The Bertz CT molecular complexity index is 872. The van der Waals surface area contributed by atoms with Crippen LogP contribution >= 0.6 is 0 Å². The third kappa shape index (κ3) is 3.30. The number of aromatic nitrogens is 3. The van der Waals surface area contributed by atoms with Gasteiger partial charge in [-0.3, -0.25) is 0 Å². The molecule has 3 aromatic rings. The van der Waals surface area contributed by atoms with Gasteiger partial charge in [0.15, 0.2) is 0 Å². The number of nitrogens with zero attached hydrogens (tertiary/aromatic N) is 4. The lowest BCUT2D eigenvalue weighted by Crippen LogP contribution is -2.26. The Morgan fingerprint density at radius 3 is 2.60 bits per heavy atom. The van der Waals surface area contributed by atoms with Crippen molar-refractivity contribution in [1.82, 2.24) is 20.0 Å². The summed E-state index contributed by atoms with van der Waals surface area (Å²) in [5, 5.41) is 7.71. The molecule has 8 heteroatoms. The topological polar surface area (TPSA) is 67.1 Å². The van der Waals surface area contributed by atoms with Gasteiger partial charge in [-0.15, -0.1) is 0 Å². The molecule has 0 saturated carbocycles. The largest absolute Gasteiger partial charge is 0.368 e. The molecule has 1 N–H and O–H groups in total. The minimum absolute atomic E-state index is 0.276. The average Bonchev–Trinajstić information content (AvgIpc) is 3.23. The highest BCUT2D eigenvalue weighted by molar-refractivity contribution is 5.97. The fourth-order valence-corrected chi connectivity index (χ4v) is 3.15. The summed E-state index contributed by atoms with van der Waals surface area (Å²) in [4.78, 5) is 10.7. The Labute approximate surface area is 142 Å². The SMILES string of the molecule is Fc1cc(F)cc(-c2noc3ncnc(NCCN4CCCC4)c23)c1. The first-order valence-corrected chi connectivity index (χ1v) is 8.24. The summed E-state index contributed by atoms with van der Waals surface area (Å²) in [7, 11) is 0. The van der Waals surface area contributed by atoms with Crippen LogP contribution in [-0.2, 0) is 0 Å². The molecule has 0 bridgehead atoms. The number of rotatable bonds is 5. The van der Waals surface area contributed by atoms with E-state index in [1.807, 2.05) is 0 Å². The van der Waals surface area contributed by atoms with Crippen molar-refractivity contribution in [2.75, 3.05) is 31.5 Å². The lowest BCUT2D eigenvalue weighted by atomic mass is 10.1. The second kappa shape index (κ2) is 6.72. The van der Waals surface area contributed by atoms with Crippen LogP contribution in [0.3, 0.4) is 0 Å². The third-order valence-electron chi connectivity index (χ3n) is 4.33. The van der Waals surface area contributed by atoms with Crippen LogP contribution in [0, 0.1) is 11.6 Å². The van der Waals surface area contributed by atoms with Gasteiger partial charge in [0.25, 0.3) is 5.71 Å². The van der Waals surface area contributed by atoms with Crippen LogP contribution in [0.2, 0.25) is 0 Å². The molecule has 0 spiro atoms. The lowest BCUT2D eigenvalue weighted by molar-refractivity contribution is 0.352. The van der Waals surface area contributed by atoms with Gasteiger partial charge in [0, 0.05) is 24.7 Å². The van der Waals surface area contributed by atoms with Crippen LogP contribution in [0.1, 0.15) is 12.8 Å². The average molecular weight is 345 g/mol. The molecule has 6 nitrogen and oxygen atoms in total.